The van der Waals surface area contributed by atoms with Crippen molar-refractivity contribution in [2.24, 2.45) is 16.8 Å². The number of rotatable bonds is 5. The fraction of sp³-hybridized carbons (Fsp3) is 0.882. The molecule has 0 aromatic heterocycles. The van der Waals surface area contributed by atoms with Crippen LogP contribution in [0.4, 0.5) is 17.6 Å². The average molecular weight is 454 g/mol. The Hall–Kier alpha value is -1.58. The lowest BCUT2D eigenvalue weighted by Gasteiger charge is -2.30. The molecule has 0 bridgehead atoms. The maximum atomic E-state index is 14.5. The number of nitrogens with zero attached hydrogens (tertiary/aromatic N) is 2. The van der Waals surface area contributed by atoms with Crippen LogP contribution < -0.4 is 32.2 Å². The van der Waals surface area contributed by atoms with E-state index >= 15 is 0 Å². The molecular formula is C17H30F4N8O2. The number of fused-ring (bicyclic) bond motifs is 1. The molecule has 0 aliphatic carbocycles. The van der Waals surface area contributed by atoms with Gasteiger partial charge in [0.25, 0.3) is 0 Å². The van der Waals surface area contributed by atoms with Crippen molar-refractivity contribution < 1.29 is 27.1 Å². The van der Waals surface area contributed by atoms with Crippen molar-refractivity contribution in [1.29, 1.82) is 0 Å². The molecule has 14 heteroatoms. The van der Waals surface area contributed by atoms with E-state index in [-0.39, 0.29) is 37.7 Å². The topological polar surface area (TPSA) is 114 Å². The van der Waals surface area contributed by atoms with E-state index in [0.717, 1.165) is 0 Å². The molecule has 3 aliphatic rings. The molecule has 0 saturated carbocycles. The summed E-state index contributed by atoms with van der Waals surface area (Å²) in [4.78, 5) is 17.2. The van der Waals surface area contributed by atoms with E-state index in [9.17, 15) is 22.4 Å². The first-order valence-electron chi connectivity index (χ1n) is 10.1. The van der Waals surface area contributed by atoms with Crippen LogP contribution in [0.2, 0.25) is 0 Å². The Labute approximate surface area is 177 Å². The van der Waals surface area contributed by atoms with Crippen LogP contribution in [0.25, 0.3) is 0 Å². The molecule has 7 atom stereocenters. The summed E-state index contributed by atoms with van der Waals surface area (Å²) in [5.41, 5.74) is 8.14. The molecule has 10 nitrogen and oxygen atoms in total. The third kappa shape index (κ3) is 5.81. The number of ether oxygens (including phenoxy) is 1. The normalized spacial score (nSPS) is 35.6. The number of nitrogens with one attached hydrogen (secondary N) is 6. The van der Waals surface area contributed by atoms with Crippen molar-refractivity contribution in [2.75, 3.05) is 40.4 Å². The van der Waals surface area contributed by atoms with E-state index in [1.54, 1.807) is 6.92 Å². The number of carbonyl (C=O) groups is 1. The second kappa shape index (κ2) is 9.92. The number of halogens is 4. The van der Waals surface area contributed by atoms with E-state index < -0.39 is 42.3 Å². The predicted octanol–water partition coefficient (Wildman–Crippen LogP) is -1.56. The van der Waals surface area contributed by atoms with E-state index in [1.807, 2.05) is 0 Å². The van der Waals surface area contributed by atoms with E-state index in [2.05, 4.69) is 37.2 Å². The second-order valence-electron chi connectivity index (χ2n) is 8.19. The summed E-state index contributed by atoms with van der Waals surface area (Å²) in [5, 5.41) is 9.63. The first-order valence-corrected chi connectivity index (χ1v) is 10.1. The molecule has 178 valence electrons. The Morgan fingerprint density at radius 3 is 2.74 bits per heavy atom. The van der Waals surface area contributed by atoms with Crippen molar-refractivity contribution in [3.63, 3.8) is 0 Å². The van der Waals surface area contributed by atoms with Gasteiger partial charge in [-0.2, -0.15) is 13.2 Å². The largest absolute Gasteiger partial charge is 0.405 e. The summed E-state index contributed by atoms with van der Waals surface area (Å²) in [6.07, 6.45) is -6.48. The van der Waals surface area contributed by atoms with Crippen molar-refractivity contribution in [3.05, 3.63) is 0 Å². The number of carbonyl (C=O) groups excluding carboxylic acids is 1. The van der Waals surface area contributed by atoms with Crippen LogP contribution in [0, 0.1) is 11.8 Å². The molecule has 3 heterocycles. The Kier molecular flexibility index (Phi) is 7.70. The molecule has 0 radical (unpaired) electrons. The van der Waals surface area contributed by atoms with Crippen LogP contribution in [0.15, 0.2) is 4.99 Å². The molecule has 6 unspecified atom stereocenters. The standard InChI is InChI=1S/C17H30F4N8O2/c1-8(7-31-3)23-16(24-14-12-10(18)4-22-5-11(12)26-27-14)25-15(30)9-6-29(2)28-13(9)17(19,20)21/h8-14,22,26-28H,4-7H2,1-3H3,(H2,23,24,25,30)/t8-,9?,10?,11?,12?,13?,14?/m0/s1. The molecule has 6 N–H and O–H groups in total. The van der Waals surface area contributed by atoms with Crippen LogP contribution in [0.5, 0.6) is 0 Å². The van der Waals surface area contributed by atoms with Crippen LogP contribution in [0.1, 0.15) is 6.92 Å². The van der Waals surface area contributed by atoms with E-state index in [1.165, 1.54) is 19.2 Å². The summed E-state index contributed by atoms with van der Waals surface area (Å²) < 4.78 is 59.6. The van der Waals surface area contributed by atoms with Crippen molar-refractivity contribution in [1.82, 2.24) is 37.2 Å². The zero-order valence-electron chi connectivity index (χ0n) is 17.6. The van der Waals surface area contributed by atoms with Gasteiger partial charge in [0.05, 0.1) is 12.5 Å². The van der Waals surface area contributed by atoms with Gasteiger partial charge in [-0.15, -0.1) is 0 Å². The molecule has 3 rings (SSSR count). The molecule has 0 aromatic carbocycles. The van der Waals surface area contributed by atoms with Crippen molar-refractivity contribution in [2.45, 2.75) is 43.6 Å². The molecule has 1 amide bonds. The number of aliphatic imine (C=N–C) groups is 1. The first-order chi connectivity index (χ1) is 14.6. The van der Waals surface area contributed by atoms with E-state index in [4.69, 9.17) is 4.74 Å². The summed E-state index contributed by atoms with van der Waals surface area (Å²) in [6, 6.07) is -2.51. The highest BCUT2D eigenvalue weighted by Gasteiger charge is 2.52. The Morgan fingerprint density at radius 1 is 1.32 bits per heavy atom. The fourth-order valence-electron chi connectivity index (χ4n) is 4.17. The number of methoxy groups -OCH3 is 1. The number of hydrogen-bond donors (Lipinski definition) is 6. The molecule has 0 aromatic rings. The fourth-order valence-corrected chi connectivity index (χ4v) is 4.17. The zero-order valence-corrected chi connectivity index (χ0v) is 17.6. The minimum Gasteiger partial charge on any atom is -0.383 e. The number of alkyl halides is 4. The molecule has 3 saturated heterocycles. The summed E-state index contributed by atoms with van der Waals surface area (Å²) in [5.74, 6) is -2.73. The lowest BCUT2D eigenvalue weighted by Crippen LogP contribution is -2.54. The Bertz CT molecular complexity index is 667. The van der Waals surface area contributed by atoms with Crippen LogP contribution in [-0.2, 0) is 9.53 Å². The average Bonchev–Trinajstić information content (AvgIpc) is 3.26. The second-order valence-corrected chi connectivity index (χ2v) is 8.19. The van der Waals surface area contributed by atoms with Gasteiger partial charge in [-0.05, 0) is 6.92 Å². The van der Waals surface area contributed by atoms with E-state index in [0.29, 0.717) is 6.54 Å². The highest BCUT2D eigenvalue weighted by molar-refractivity contribution is 5.98. The number of guanidine groups is 1. The monoisotopic (exact) mass is 454 g/mol. The molecule has 3 aliphatic heterocycles. The van der Waals surface area contributed by atoms with Gasteiger partial charge in [0, 0.05) is 51.8 Å². The van der Waals surface area contributed by atoms with Gasteiger partial charge in [0.1, 0.15) is 18.4 Å². The summed E-state index contributed by atoms with van der Waals surface area (Å²) in [7, 11) is 2.93. The number of hydrogen-bond acceptors (Lipinski definition) is 8. The third-order valence-corrected chi connectivity index (χ3v) is 5.60. The highest BCUT2D eigenvalue weighted by atomic mass is 19.4. The van der Waals surface area contributed by atoms with Crippen molar-refractivity contribution in [3.8, 4) is 0 Å². The maximum Gasteiger partial charge on any atom is 0.405 e. The van der Waals surface area contributed by atoms with Crippen LogP contribution >= 0.6 is 0 Å². The number of hydrazine groups is 2. The zero-order chi connectivity index (χ0) is 22.8. The molecule has 31 heavy (non-hydrogen) atoms. The smallest absolute Gasteiger partial charge is 0.383 e. The minimum absolute atomic E-state index is 0.0317. The van der Waals surface area contributed by atoms with Crippen LogP contribution in [-0.4, -0.2) is 93.9 Å². The lowest BCUT2D eigenvalue weighted by molar-refractivity contribution is -0.168. The Balaban J connectivity index is 1.77. The quantitative estimate of drug-likeness (QED) is 0.168. The van der Waals surface area contributed by atoms with Crippen molar-refractivity contribution >= 4 is 11.9 Å². The maximum absolute atomic E-state index is 14.5. The van der Waals surface area contributed by atoms with Gasteiger partial charge in [0.15, 0.2) is 5.96 Å². The predicted molar refractivity (Wildman–Crippen MR) is 104 cm³/mol. The summed E-state index contributed by atoms with van der Waals surface area (Å²) >= 11 is 0. The third-order valence-electron chi connectivity index (χ3n) is 5.60. The highest BCUT2D eigenvalue weighted by Crippen LogP contribution is 2.30. The minimum atomic E-state index is -4.60. The molecular weight excluding hydrogens is 424 g/mol. The SMILES string of the molecule is COC[C@H](C)N/C(=N\C1NNC2CNCC(F)C21)NC(=O)C1CN(C)NC1C(F)(F)F. The Morgan fingerprint density at radius 2 is 2.06 bits per heavy atom. The lowest BCUT2D eigenvalue weighted by atomic mass is 9.91. The van der Waals surface area contributed by atoms with Gasteiger partial charge < -0.3 is 15.4 Å². The number of amides is 1. The molecule has 3 fully saturated rings. The van der Waals surface area contributed by atoms with Crippen LogP contribution in [0.3, 0.4) is 0 Å². The summed E-state index contributed by atoms with van der Waals surface area (Å²) in [6.45, 7) is 2.64. The van der Waals surface area contributed by atoms with Gasteiger partial charge >= 0.3 is 6.18 Å². The van der Waals surface area contributed by atoms with Gasteiger partial charge in [-0.3, -0.25) is 15.5 Å². The first kappa shape index (κ1) is 24.1. The number of piperidine rings is 1. The van der Waals surface area contributed by atoms with Gasteiger partial charge in [0.2, 0.25) is 5.91 Å². The molecule has 0 spiro atoms. The van der Waals surface area contributed by atoms with Gasteiger partial charge in [-0.1, -0.05) is 0 Å². The van der Waals surface area contributed by atoms with Gasteiger partial charge in [-0.25, -0.2) is 25.2 Å².